The first-order chi connectivity index (χ1) is 8.97. The number of rotatable bonds is 2. The number of hydrogen-bond acceptors (Lipinski definition) is 2. The molecule has 19 heavy (non-hydrogen) atoms. The first-order valence-corrected chi connectivity index (χ1v) is 6.46. The van der Waals surface area contributed by atoms with Crippen LogP contribution in [0.2, 0.25) is 5.02 Å². The maximum Gasteiger partial charge on any atom is 0.255 e. The third-order valence-corrected chi connectivity index (χ3v) is 3.46. The largest absolute Gasteiger partial charge is 0.398 e. The molecule has 0 bridgehead atoms. The zero-order chi connectivity index (χ0) is 14.0. The Hall–Kier alpha value is -1.59. The molecule has 98 valence electrons. The molecule has 0 aliphatic rings. The van der Waals surface area contributed by atoms with Gasteiger partial charge in [0.2, 0.25) is 0 Å². The van der Waals surface area contributed by atoms with Crippen LogP contribution in [0, 0.1) is 5.82 Å². The second-order valence-electron chi connectivity index (χ2n) is 3.81. The summed E-state index contributed by atoms with van der Waals surface area (Å²) >= 11 is 9.11. The third kappa shape index (κ3) is 3.24. The summed E-state index contributed by atoms with van der Waals surface area (Å²) in [7, 11) is 0. The number of nitrogens with one attached hydrogen (secondary N) is 1. The normalized spacial score (nSPS) is 10.3. The lowest BCUT2D eigenvalue weighted by Gasteiger charge is -2.08. The number of amides is 1. The lowest BCUT2D eigenvalue weighted by molar-refractivity contribution is 0.102. The zero-order valence-corrected chi connectivity index (χ0v) is 11.9. The fraction of sp³-hybridized carbons (Fsp3) is 0. The molecule has 0 saturated carbocycles. The second-order valence-corrected chi connectivity index (χ2v) is 5.08. The molecule has 6 heteroatoms. The maximum atomic E-state index is 13.1. The molecule has 0 atom stereocenters. The van der Waals surface area contributed by atoms with E-state index in [9.17, 15) is 9.18 Å². The summed E-state index contributed by atoms with van der Waals surface area (Å²) in [6.07, 6.45) is 0. The van der Waals surface area contributed by atoms with Crippen molar-refractivity contribution < 1.29 is 9.18 Å². The molecule has 0 spiro atoms. The van der Waals surface area contributed by atoms with E-state index in [4.69, 9.17) is 17.3 Å². The zero-order valence-electron chi connectivity index (χ0n) is 9.58. The number of benzene rings is 2. The van der Waals surface area contributed by atoms with Gasteiger partial charge in [-0.2, -0.15) is 0 Å². The molecule has 0 unspecified atom stereocenters. The summed E-state index contributed by atoms with van der Waals surface area (Å²) in [4.78, 5) is 12.0. The van der Waals surface area contributed by atoms with E-state index in [0.717, 1.165) is 6.07 Å². The van der Waals surface area contributed by atoms with Gasteiger partial charge in [0.15, 0.2) is 0 Å². The Kier molecular flexibility index (Phi) is 4.07. The monoisotopic (exact) mass is 342 g/mol. The van der Waals surface area contributed by atoms with Crippen molar-refractivity contribution in [3.63, 3.8) is 0 Å². The molecular weight excluding hydrogens is 335 g/mol. The van der Waals surface area contributed by atoms with E-state index >= 15 is 0 Å². The Bertz CT molecular complexity index is 649. The van der Waals surface area contributed by atoms with Crippen molar-refractivity contribution in [3.05, 3.63) is 57.3 Å². The summed E-state index contributed by atoms with van der Waals surface area (Å²) in [5.74, 6) is -0.869. The van der Waals surface area contributed by atoms with Gasteiger partial charge in [-0.3, -0.25) is 4.79 Å². The molecule has 3 nitrogen and oxygen atoms in total. The number of nitrogens with two attached hydrogens (primary N) is 1. The minimum Gasteiger partial charge on any atom is -0.398 e. The van der Waals surface area contributed by atoms with Gasteiger partial charge in [0.05, 0.1) is 10.7 Å². The van der Waals surface area contributed by atoms with Crippen LogP contribution < -0.4 is 11.1 Å². The highest BCUT2D eigenvalue weighted by Crippen LogP contribution is 2.24. The second kappa shape index (κ2) is 5.59. The van der Waals surface area contributed by atoms with Gasteiger partial charge in [-0.15, -0.1) is 0 Å². The van der Waals surface area contributed by atoms with Gasteiger partial charge in [0, 0.05) is 15.7 Å². The van der Waals surface area contributed by atoms with Gasteiger partial charge in [0.25, 0.3) is 5.91 Å². The van der Waals surface area contributed by atoms with E-state index in [1.807, 2.05) is 0 Å². The van der Waals surface area contributed by atoms with Crippen molar-refractivity contribution in [2.45, 2.75) is 0 Å². The number of carbonyl (C=O) groups is 1. The quantitative estimate of drug-likeness (QED) is 0.807. The summed E-state index contributed by atoms with van der Waals surface area (Å²) in [6, 6.07) is 8.52. The SMILES string of the molecule is Nc1ccc(C(=O)Nc2cc(F)ccc2Cl)cc1Br. The number of anilines is 2. The van der Waals surface area contributed by atoms with Crippen molar-refractivity contribution in [2.24, 2.45) is 0 Å². The summed E-state index contributed by atoms with van der Waals surface area (Å²) in [6.45, 7) is 0. The molecule has 2 rings (SSSR count). The molecule has 0 radical (unpaired) electrons. The van der Waals surface area contributed by atoms with Crippen molar-refractivity contribution >= 4 is 44.8 Å². The third-order valence-electron chi connectivity index (χ3n) is 2.44. The van der Waals surface area contributed by atoms with Crippen LogP contribution in [0.5, 0.6) is 0 Å². The highest BCUT2D eigenvalue weighted by molar-refractivity contribution is 9.10. The molecule has 2 aromatic rings. The Morgan fingerprint density at radius 2 is 2.00 bits per heavy atom. The summed E-state index contributed by atoms with van der Waals surface area (Å²) in [5, 5.41) is 2.81. The van der Waals surface area contributed by atoms with Crippen LogP contribution in [-0.4, -0.2) is 5.91 Å². The highest BCUT2D eigenvalue weighted by Gasteiger charge is 2.10. The van der Waals surface area contributed by atoms with Gasteiger partial charge < -0.3 is 11.1 Å². The molecular formula is C13H9BrClFN2O. The predicted molar refractivity (Wildman–Crippen MR) is 77.9 cm³/mol. The Balaban J connectivity index is 2.25. The number of halogens is 3. The van der Waals surface area contributed by atoms with Crippen LogP contribution in [0.1, 0.15) is 10.4 Å². The van der Waals surface area contributed by atoms with Crippen molar-refractivity contribution in [3.8, 4) is 0 Å². The minimum atomic E-state index is -0.474. The first kappa shape index (κ1) is 13.8. The van der Waals surface area contributed by atoms with Gasteiger partial charge in [-0.25, -0.2) is 4.39 Å². The molecule has 0 saturated heterocycles. The summed E-state index contributed by atoms with van der Waals surface area (Å²) in [5.41, 5.74) is 6.78. The van der Waals surface area contributed by atoms with Crippen molar-refractivity contribution in [2.75, 3.05) is 11.1 Å². The fourth-order valence-corrected chi connectivity index (χ4v) is 2.00. The Morgan fingerprint density at radius 1 is 1.26 bits per heavy atom. The Morgan fingerprint density at radius 3 is 2.68 bits per heavy atom. The molecule has 1 amide bonds. The molecule has 0 heterocycles. The van der Waals surface area contributed by atoms with Crippen LogP contribution in [-0.2, 0) is 0 Å². The Labute approximate surface area is 122 Å². The predicted octanol–water partition coefficient (Wildman–Crippen LogP) is 4.08. The van der Waals surface area contributed by atoms with E-state index < -0.39 is 11.7 Å². The van der Waals surface area contributed by atoms with E-state index in [-0.39, 0.29) is 10.7 Å². The van der Waals surface area contributed by atoms with E-state index in [2.05, 4.69) is 21.2 Å². The van der Waals surface area contributed by atoms with Crippen LogP contribution in [0.3, 0.4) is 0 Å². The number of nitrogen functional groups attached to an aromatic ring is 1. The highest BCUT2D eigenvalue weighted by atomic mass is 79.9. The van der Waals surface area contributed by atoms with Gasteiger partial charge >= 0.3 is 0 Å². The standard InChI is InChI=1S/C13H9BrClFN2O/c14-9-5-7(1-4-11(9)17)13(19)18-12-6-8(16)2-3-10(12)15/h1-6H,17H2,(H,18,19). The molecule has 0 aromatic heterocycles. The van der Waals surface area contributed by atoms with Gasteiger partial charge in [-0.1, -0.05) is 11.6 Å². The first-order valence-electron chi connectivity index (χ1n) is 5.29. The van der Waals surface area contributed by atoms with E-state index in [1.54, 1.807) is 18.2 Å². The molecule has 3 N–H and O–H groups in total. The fourth-order valence-electron chi connectivity index (χ4n) is 1.46. The van der Waals surface area contributed by atoms with Crippen molar-refractivity contribution in [1.29, 1.82) is 0 Å². The van der Waals surface area contributed by atoms with Crippen LogP contribution in [0.25, 0.3) is 0 Å². The molecule has 0 fully saturated rings. The minimum absolute atomic E-state index is 0.222. The lowest BCUT2D eigenvalue weighted by atomic mass is 10.2. The maximum absolute atomic E-state index is 13.1. The average molecular weight is 344 g/mol. The smallest absolute Gasteiger partial charge is 0.255 e. The van der Waals surface area contributed by atoms with E-state index in [0.29, 0.717) is 15.7 Å². The van der Waals surface area contributed by atoms with E-state index in [1.165, 1.54) is 12.1 Å². The summed E-state index contributed by atoms with van der Waals surface area (Å²) < 4.78 is 13.7. The number of carbonyl (C=O) groups excluding carboxylic acids is 1. The molecule has 2 aromatic carbocycles. The van der Waals surface area contributed by atoms with Gasteiger partial charge in [0.1, 0.15) is 5.82 Å². The average Bonchev–Trinajstić information content (AvgIpc) is 2.37. The van der Waals surface area contributed by atoms with Gasteiger partial charge in [-0.05, 0) is 52.3 Å². The topological polar surface area (TPSA) is 55.1 Å². The van der Waals surface area contributed by atoms with Crippen LogP contribution >= 0.6 is 27.5 Å². The number of hydrogen-bond donors (Lipinski definition) is 2. The van der Waals surface area contributed by atoms with Crippen LogP contribution in [0.4, 0.5) is 15.8 Å². The van der Waals surface area contributed by atoms with Crippen molar-refractivity contribution in [1.82, 2.24) is 0 Å². The molecule has 0 aliphatic heterocycles. The lowest BCUT2D eigenvalue weighted by Crippen LogP contribution is -2.12. The van der Waals surface area contributed by atoms with Crippen LogP contribution in [0.15, 0.2) is 40.9 Å². The molecule has 0 aliphatic carbocycles.